The van der Waals surface area contributed by atoms with Gasteiger partial charge in [0.1, 0.15) is 0 Å². The third-order valence-electron chi connectivity index (χ3n) is 8.02. The first-order valence-electron chi connectivity index (χ1n) is 11.2. The van der Waals surface area contributed by atoms with Crippen LogP contribution < -0.4 is 5.32 Å². The van der Waals surface area contributed by atoms with Crippen molar-refractivity contribution in [3.63, 3.8) is 0 Å². The van der Waals surface area contributed by atoms with Crippen LogP contribution in [0.1, 0.15) is 69.8 Å². The van der Waals surface area contributed by atoms with Crippen molar-refractivity contribution in [2.45, 2.75) is 75.2 Å². The zero-order valence-corrected chi connectivity index (χ0v) is 17.7. The van der Waals surface area contributed by atoms with Crippen molar-refractivity contribution in [1.82, 2.24) is 5.32 Å². The Balaban J connectivity index is 1.23. The average molecular weight is 416 g/mol. The van der Waals surface area contributed by atoms with Gasteiger partial charge in [0.05, 0.1) is 5.41 Å². The van der Waals surface area contributed by atoms with Gasteiger partial charge in [0.25, 0.3) is 5.91 Å². The molecule has 0 saturated heterocycles. The first-order chi connectivity index (χ1) is 14.0. The summed E-state index contributed by atoms with van der Waals surface area (Å²) in [6.45, 7) is -0.171. The largest absolute Gasteiger partial charge is 0.455 e. The van der Waals surface area contributed by atoms with E-state index in [2.05, 4.69) is 5.32 Å². The predicted octanol–water partition coefficient (Wildman–Crippen LogP) is 4.78. The smallest absolute Gasteiger partial charge is 0.317 e. The molecule has 5 aliphatic rings. The van der Waals surface area contributed by atoms with Crippen molar-refractivity contribution in [3.05, 3.63) is 34.9 Å². The monoisotopic (exact) mass is 415 g/mol. The molecule has 0 unspecified atom stereocenters. The molecular weight excluding hydrogens is 386 g/mol. The lowest BCUT2D eigenvalue weighted by atomic mass is 9.53. The topological polar surface area (TPSA) is 55.4 Å². The van der Waals surface area contributed by atoms with Crippen LogP contribution in [0.5, 0.6) is 0 Å². The summed E-state index contributed by atoms with van der Waals surface area (Å²) >= 11 is 6.02. The number of halogens is 1. The van der Waals surface area contributed by atoms with Crippen molar-refractivity contribution in [2.24, 2.45) is 17.8 Å². The molecule has 29 heavy (non-hydrogen) atoms. The van der Waals surface area contributed by atoms with Crippen molar-refractivity contribution in [2.75, 3.05) is 6.61 Å². The molecular formula is C24H30ClNO3. The molecule has 4 bridgehead atoms. The van der Waals surface area contributed by atoms with Crippen LogP contribution in [-0.2, 0) is 19.7 Å². The maximum Gasteiger partial charge on any atom is 0.317 e. The van der Waals surface area contributed by atoms with Gasteiger partial charge in [-0.2, -0.15) is 0 Å². The second kappa shape index (κ2) is 7.30. The van der Waals surface area contributed by atoms with Crippen LogP contribution in [-0.4, -0.2) is 24.0 Å². The maximum atomic E-state index is 13.1. The molecule has 1 N–H and O–H groups in total. The molecule has 0 atom stereocenters. The molecule has 5 heteroatoms. The quantitative estimate of drug-likeness (QED) is 0.704. The minimum atomic E-state index is -0.633. The Bertz CT molecular complexity index is 762. The molecule has 0 radical (unpaired) electrons. The number of esters is 1. The minimum absolute atomic E-state index is 0.0422. The van der Waals surface area contributed by atoms with E-state index in [0.717, 1.165) is 68.3 Å². The average Bonchev–Trinajstić information content (AvgIpc) is 3.16. The molecule has 0 heterocycles. The standard InChI is InChI=1S/C24H30ClNO3/c25-20-5-3-19(4-6-20)24(7-1-2-8-24)22(28)29-15-21(27)26-23-12-16-9-17(13-23)11-18(10-16)14-23/h3-6,16-18H,1-2,7-15H2,(H,26,27). The van der Waals surface area contributed by atoms with Gasteiger partial charge in [0.15, 0.2) is 6.61 Å². The Morgan fingerprint density at radius 1 is 0.966 bits per heavy atom. The molecule has 5 aliphatic carbocycles. The Labute approximate surface area is 177 Å². The Morgan fingerprint density at radius 3 is 2.07 bits per heavy atom. The number of rotatable bonds is 5. The maximum absolute atomic E-state index is 13.1. The normalized spacial score (nSPS) is 34.2. The first kappa shape index (κ1) is 19.4. The number of hydrogen-bond donors (Lipinski definition) is 1. The molecule has 5 fully saturated rings. The van der Waals surface area contributed by atoms with Gasteiger partial charge in [-0.25, -0.2) is 0 Å². The molecule has 1 aromatic rings. The first-order valence-corrected chi connectivity index (χ1v) is 11.6. The molecule has 0 spiro atoms. The molecule has 1 aromatic carbocycles. The Morgan fingerprint density at radius 2 is 1.52 bits per heavy atom. The third kappa shape index (κ3) is 3.58. The summed E-state index contributed by atoms with van der Waals surface area (Å²) in [5.41, 5.74) is 0.274. The van der Waals surface area contributed by atoms with Crippen molar-refractivity contribution in [3.8, 4) is 0 Å². The number of hydrogen-bond acceptors (Lipinski definition) is 3. The highest BCUT2D eigenvalue weighted by molar-refractivity contribution is 6.30. The summed E-state index contributed by atoms with van der Waals surface area (Å²) in [5.74, 6) is 1.92. The summed E-state index contributed by atoms with van der Waals surface area (Å²) in [6, 6.07) is 7.49. The van der Waals surface area contributed by atoms with Gasteiger partial charge in [-0.1, -0.05) is 36.6 Å². The van der Waals surface area contributed by atoms with Crippen molar-refractivity contribution < 1.29 is 14.3 Å². The number of amides is 1. The van der Waals surface area contributed by atoms with Crippen LogP contribution in [0.3, 0.4) is 0 Å². The predicted molar refractivity (Wildman–Crippen MR) is 112 cm³/mol. The fourth-order valence-corrected chi connectivity index (χ4v) is 7.35. The van der Waals surface area contributed by atoms with Gasteiger partial charge in [0, 0.05) is 10.6 Å². The Hall–Kier alpha value is -1.55. The van der Waals surface area contributed by atoms with Gasteiger partial charge in [0.2, 0.25) is 0 Å². The van der Waals surface area contributed by atoms with E-state index >= 15 is 0 Å². The fourth-order valence-electron chi connectivity index (χ4n) is 7.22. The van der Waals surface area contributed by atoms with Gasteiger partial charge in [-0.05, 0) is 86.8 Å². The molecule has 6 rings (SSSR count). The van der Waals surface area contributed by atoms with Crippen LogP contribution in [0.25, 0.3) is 0 Å². The highest BCUT2D eigenvalue weighted by Crippen LogP contribution is 2.55. The zero-order valence-electron chi connectivity index (χ0n) is 16.9. The molecule has 4 nitrogen and oxygen atoms in total. The van der Waals surface area contributed by atoms with E-state index in [1.807, 2.05) is 24.3 Å². The lowest BCUT2D eigenvalue weighted by molar-refractivity contribution is -0.155. The van der Waals surface area contributed by atoms with E-state index in [1.165, 1.54) is 19.3 Å². The SMILES string of the molecule is O=C(COC(=O)C1(c2ccc(Cl)cc2)CCCC1)NC12CC3CC(CC(C3)C1)C2. The van der Waals surface area contributed by atoms with E-state index in [0.29, 0.717) is 5.02 Å². The van der Waals surface area contributed by atoms with E-state index in [4.69, 9.17) is 16.3 Å². The third-order valence-corrected chi connectivity index (χ3v) is 8.27. The zero-order chi connectivity index (χ0) is 20.1. The van der Waals surface area contributed by atoms with E-state index in [1.54, 1.807) is 0 Å². The van der Waals surface area contributed by atoms with Crippen LogP contribution in [0.2, 0.25) is 5.02 Å². The summed E-state index contributed by atoms with van der Waals surface area (Å²) in [6.07, 6.45) is 10.9. The van der Waals surface area contributed by atoms with Gasteiger partial charge < -0.3 is 10.1 Å². The second-order valence-electron chi connectivity index (χ2n) is 10.1. The van der Waals surface area contributed by atoms with Crippen LogP contribution in [0.15, 0.2) is 24.3 Å². The summed E-state index contributed by atoms with van der Waals surface area (Å²) in [5, 5.41) is 3.95. The Kier molecular flexibility index (Phi) is 4.89. The fraction of sp³-hybridized carbons (Fsp3) is 0.667. The number of carbonyl (C=O) groups excluding carboxylic acids is 2. The van der Waals surface area contributed by atoms with Crippen molar-refractivity contribution in [1.29, 1.82) is 0 Å². The van der Waals surface area contributed by atoms with Gasteiger partial charge >= 0.3 is 5.97 Å². The summed E-state index contributed by atoms with van der Waals surface area (Å²) in [4.78, 5) is 25.8. The number of ether oxygens (including phenoxy) is 1. The van der Waals surface area contributed by atoms with Crippen LogP contribution >= 0.6 is 11.6 Å². The molecule has 1 amide bonds. The minimum Gasteiger partial charge on any atom is -0.455 e. The van der Waals surface area contributed by atoms with E-state index in [9.17, 15) is 9.59 Å². The molecule has 156 valence electrons. The molecule has 0 aromatic heterocycles. The number of carbonyl (C=O) groups is 2. The summed E-state index contributed by atoms with van der Waals surface area (Å²) in [7, 11) is 0. The van der Waals surface area contributed by atoms with Crippen LogP contribution in [0.4, 0.5) is 0 Å². The highest BCUT2D eigenvalue weighted by atomic mass is 35.5. The molecule has 0 aliphatic heterocycles. The summed E-state index contributed by atoms with van der Waals surface area (Å²) < 4.78 is 5.61. The lowest BCUT2D eigenvalue weighted by Gasteiger charge is -2.56. The van der Waals surface area contributed by atoms with Crippen LogP contribution in [0, 0.1) is 17.8 Å². The molecule has 5 saturated carbocycles. The van der Waals surface area contributed by atoms with Crippen molar-refractivity contribution >= 4 is 23.5 Å². The number of nitrogens with one attached hydrogen (secondary N) is 1. The van der Waals surface area contributed by atoms with E-state index in [-0.39, 0.29) is 24.0 Å². The van der Waals surface area contributed by atoms with Gasteiger partial charge in [-0.15, -0.1) is 0 Å². The lowest BCUT2D eigenvalue weighted by Crippen LogP contribution is -2.60. The second-order valence-corrected chi connectivity index (χ2v) is 10.6. The highest BCUT2D eigenvalue weighted by Gasteiger charge is 2.51. The number of benzene rings is 1. The van der Waals surface area contributed by atoms with E-state index < -0.39 is 5.41 Å². The van der Waals surface area contributed by atoms with Gasteiger partial charge in [-0.3, -0.25) is 9.59 Å².